The molecule has 0 spiro atoms. The molecule has 1 aliphatic heterocycles. The van der Waals surface area contributed by atoms with Crippen LogP contribution in [-0.4, -0.2) is 49.2 Å². The zero-order valence-electron chi connectivity index (χ0n) is 11.9. The first kappa shape index (κ1) is 15.1. The second kappa shape index (κ2) is 6.45. The molecule has 1 heterocycles. The van der Waals surface area contributed by atoms with Crippen LogP contribution in [0.15, 0.2) is 27.8 Å². The molecular formula is C14H21BrN4O. The first-order valence-electron chi connectivity index (χ1n) is 6.72. The number of nitrogens with two attached hydrogens (primary N) is 1. The molecule has 1 atom stereocenters. The summed E-state index contributed by atoms with van der Waals surface area (Å²) < 4.78 is 0.830. The summed E-state index contributed by atoms with van der Waals surface area (Å²) >= 11 is 3.47. The fourth-order valence-corrected chi connectivity index (χ4v) is 3.32. The molecule has 110 valence electrons. The molecule has 0 bridgehead atoms. The van der Waals surface area contributed by atoms with Crippen LogP contribution in [0.4, 0.5) is 5.69 Å². The Morgan fingerprint density at radius 2 is 2.35 bits per heavy atom. The van der Waals surface area contributed by atoms with Crippen LogP contribution in [0.1, 0.15) is 18.4 Å². The van der Waals surface area contributed by atoms with Crippen molar-refractivity contribution < 1.29 is 5.21 Å². The molecule has 1 fully saturated rings. The van der Waals surface area contributed by atoms with Gasteiger partial charge in [-0.2, -0.15) is 0 Å². The van der Waals surface area contributed by atoms with Gasteiger partial charge in [0.15, 0.2) is 5.84 Å². The summed E-state index contributed by atoms with van der Waals surface area (Å²) in [4.78, 5) is 4.56. The van der Waals surface area contributed by atoms with Gasteiger partial charge >= 0.3 is 0 Å². The van der Waals surface area contributed by atoms with Gasteiger partial charge in [-0.1, -0.05) is 11.2 Å². The predicted molar refractivity (Wildman–Crippen MR) is 85.6 cm³/mol. The second-order valence-electron chi connectivity index (χ2n) is 5.28. The minimum atomic E-state index is 0.124. The molecule has 0 amide bonds. The van der Waals surface area contributed by atoms with Crippen molar-refractivity contribution in [3.63, 3.8) is 0 Å². The Labute approximate surface area is 128 Å². The predicted octanol–water partition coefficient (Wildman–Crippen LogP) is 2.07. The van der Waals surface area contributed by atoms with Gasteiger partial charge in [0.2, 0.25) is 0 Å². The van der Waals surface area contributed by atoms with Crippen LogP contribution in [0, 0.1) is 0 Å². The van der Waals surface area contributed by atoms with Crippen molar-refractivity contribution >= 4 is 27.5 Å². The number of anilines is 1. The van der Waals surface area contributed by atoms with E-state index in [2.05, 4.69) is 37.9 Å². The number of benzene rings is 1. The number of amidine groups is 1. The van der Waals surface area contributed by atoms with Crippen molar-refractivity contribution in [1.29, 1.82) is 0 Å². The molecule has 0 radical (unpaired) electrons. The summed E-state index contributed by atoms with van der Waals surface area (Å²) in [6.45, 7) is 2.09. The highest BCUT2D eigenvalue weighted by atomic mass is 79.9. The van der Waals surface area contributed by atoms with Gasteiger partial charge in [0, 0.05) is 29.8 Å². The molecule has 1 aromatic carbocycles. The molecule has 2 rings (SSSR count). The smallest absolute Gasteiger partial charge is 0.173 e. The summed E-state index contributed by atoms with van der Waals surface area (Å²) in [7, 11) is 4.21. The Morgan fingerprint density at radius 1 is 1.60 bits per heavy atom. The lowest BCUT2D eigenvalue weighted by Crippen LogP contribution is -2.37. The number of oxime groups is 1. The second-order valence-corrected chi connectivity index (χ2v) is 6.13. The van der Waals surface area contributed by atoms with Crippen LogP contribution in [0.3, 0.4) is 0 Å². The first-order valence-corrected chi connectivity index (χ1v) is 7.51. The van der Waals surface area contributed by atoms with E-state index in [1.807, 2.05) is 25.2 Å². The molecule has 1 aliphatic rings. The summed E-state index contributed by atoms with van der Waals surface area (Å²) in [6, 6.07) is 6.40. The fourth-order valence-electron chi connectivity index (χ4n) is 2.76. The van der Waals surface area contributed by atoms with E-state index in [4.69, 9.17) is 10.9 Å². The number of nitrogens with zero attached hydrogens (tertiary/aromatic N) is 3. The molecule has 1 aromatic rings. The van der Waals surface area contributed by atoms with Gasteiger partial charge < -0.3 is 20.7 Å². The van der Waals surface area contributed by atoms with Crippen molar-refractivity contribution in [3.8, 4) is 0 Å². The highest BCUT2D eigenvalue weighted by Gasteiger charge is 2.23. The Balaban J connectivity index is 2.25. The first-order chi connectivity index (χ1) is 9.54. The maximum absolute atomic E-state index is 8.96. The van der Waals surface area contributed by atoms with E-state index in [0.717, 1.165) is 28.8 Å². The molecule has 1 saturated heterocycles. The van der Waals surface area contributed by atoms with Crippen LogP contribution >= 0.6 is 15.9 Å². The van der Waals surface area contributed by atoms with Crippen molar-refractivity contribution in [2.24, 2.45) is 10.9 Å². The number of likely N-dealkylation sites (N-methyl/N-ethyl adjacent to an activating group) is 2. The van der Waals surface area contributed by atoms with Gasteiger partial charge in [-0.3, -0.25) is 0 Å². The van der Waals surface area contributed by atoms with Gasteiger partial charge in [0.25, 0.3) is 0 Å². The lowest BCUT2D eigenvalue weighted by Gasteiger charge is -2.29. The summed E-state index contributed by atoms with van der Waals surface area (Å²) in [5.74, 6) is 0.124. The maximum atomic E-state index is 8.96. The molecule has 20 heavy (non-hydrogen) atoms. The van der Waals surface area contributed by atoms with Crippen molar-refractivity contribution in [1.82, 2.24) is 4.90 Å². The van der Waals surface area contributed by atoms with Gasteiger partial charge in [0.1, 0.15) is 0 Å². The SMILES string of the molecule is CN(CC1CCCN1C)c1cccc(Br)c1/C(N)=N/O. The summed E-state index contributed by atoms with van der Waals surface area (Å²) in [5, 5.41) is 12.1. The van der Waals surface area contributed by atoms with Crippen LogP contribution < -0.4 is 10.6 Å². The molecule has 3 N–H and O–H groups in total. The molecular weight excluding hydrogens is 320 g/mol. The fraction of sp³-hybridized carbons (Fsp3) is 0.500. The Kier molecular flexibility index (Phi) is 4.88. The van der Waals surface area contributed by atoms with Gasteiger partial charge in [0.05, 0.1) is 5.56 Å². The Morgan fingerprint density at radius 3 is 2.95 bits per heavy atom. The van der Waals surface area contributed by atoms with Crippen LogP contribution in [0.2, 0.25) is 0 Å². The zero-order valence-corrected chi connectivity index (χ0v) is 13.5. The highest BCUT2D eigenvalue weighted by molar-refractivity contribution is 9.10. The standard InChI is InChI=1S/C14H21BrN4O/c1-18-8-4-5-10(18)9-19(2)12-7-3-6-11(15)13(12)14(16)17-20/h3,6-7,10,20H,4-5,8-9H2,1-2H3,(H2,16,17). The summed E-state index contributed by atoms with van der Waals surface area (Å²) in [6.07, 6.45) is 2.47. The Hall–Kier alpha value is -1.27. The quantitative estimate of drug-likeness (QED) is 0.381. The van der Waals surface area contributed by atoms with E-state index in [0.29, 0.717) is 6.04 Å². The van der Waals surface area contributed by atoms with Crippen LogP contribution in [0.25, 0.3) is 0 Å². The normalized spacial score (nSPS) is 20.4. The molecule has 6 heteroatoms. The van der Waals surface area contributed by atoms with Crippen LogP contribution in [-0.2, 0) is 0 Å². The molecule has 0 saturated carbocycles. The lowest BCUT2D eigenvalue weighted by molar-refractivity contribution is 0.314. The monoisotopic (exact) mass is 340 g/mol. The van der Waals surface area contributed by atoms with E-state index >= 15 is 0 Å². The van der Waals surface area contributed by atoms with E-state index in [9.17, 15) is 0 Å². The van der Waals surface area contributed by atoms with Gasteiger partial charge in [-0.15, -0.1) is 0 Å². The number of rotatable bonds is 4. The highest BCUT2D eigenvalue weighted by Crippen LogP contribution is 2.28. The number of halogens is 1. The van der Waals surface area contributed by atoms with E-state index in [1.165, 1.54) is 12.8 Å². The largest absolute Gasteiger partial charge is 0.409 e. The number of hydrogen-bond acceptors (Lipinski definition) is 4. The molecule has 5 nitrogen and oxygen atoms in total. The van der Waals surface area contributed by atoms with E-state index in [1.54, 1.807) is 0 Å². The van der Waals surface area contributed by atoms with Gasteiger partial charge in [-0.25, -0.2) is 0 Å². The topological polar surface area (TPSA) is 65.1 Å². The Bertz CT molecular complexity index is 506. The van der Waals surface area contributed by atoms with E-state index in [-0.39, 0.29) is 5.84 Å². The summed E-state index contributed by atoms with van der Waals surface area (Å²) in [5.41, 5.74) is 7.50. The average molecular weight is 341 g/mol. The van der Waals surface area contributed by atoms with Crippen LogP contribution in [0.5, 0.6) is 0 Å². The van der Waals surface area contributed by atoms with E-state index < -0.39 is 0 Å². The molecule has 0 aromatic heterocycles. The maximum Gasteiger partial charge on any atom is 0.173 e. The average Bonchev–Trinajstić information content (AvgIpc) is 2.83. The third kappa shape index (κ3) is 3.07. The minimum absolute atomic E-state index is 0.124. The lowest BCUT2D eigenvalue weighted by atomic mass is 10.1. The third-order valence-electron chi connectivity index (χ3n) is 3.92. The molecule has 1 unspecified atom stereocenters. The minimum Gasteiger partial charge on any atom is -0.409 e. The van der Waals surface area contributed by atoms with Crippen molar-refractivity contribution in [3.05, 3.63) is 28.2 Å². The number of likely N-dealkylation sites (tertiary alicyclic amines) is 1. The van der Waals surface area contributed by atoms with Crippen molar-refractivity contribution in [2.45, 2.75) is 18.9 Å². The van der Waals surface area contributed by atoms with Gasteiger partial charge in [-0.05, 0) is 54.5 Å². The number of hydrogen-bond donors (Lipinski definition) is 2. The van der Waals surface area contributed by atoms with Crippen molar-refractivity contribution in [2.75, 3.05) is 32.1 Å². The zero-order chi connectivity index (χ0) is 14.7. The third-order valence-corrected chi connectivity index (χ3v) is 4.58. The molecule has 0 aliphatic carbocycles.